The summed E-state index contributed by atoms with van der Waals surface area (Å²) in [6.45, 7) is 0. The maximum atomic E-state index is 13.0. The summed E-state index contributed by atoms with van der Waals surface area (Å²) in [5.74, 6) is -0.519. The van der Waals surface area contributed by atoms with E-state index in [9.17, 15) is 9.18 Å². The largest absolute Gasteiger partial charge is 0.494 e. The van der Waals surface area contributed by atoms with Crippen LogP contribution in [0.2, 0.25) is 0 Å². The van der Waals surface area contributed by atoms with Gasteiger partial charge in [-0.05, 0) is 34.1 Å². The van der Waals surface area contributed by atoms with Crippen molar-refractivity contribution in [3.8, 4) is 5.75 Å². The van der Waals surface area contributed by atoms with E-state index >= 15 is 0 Å². The molecule has 98 valence electrons. The molecule has 0 atom stereocenters. The number of nitrogens with zero attached hydrogens (tertiary/aromatic N) is 1. The molecule has 0 saturated carbocycles. The summed E-state index contributed by atoms with van der Waals surface area (Å²) in [7, 11) is 1.41. The van der Waals surface area contributed by atoms with Gasteiger partial charge < -0.3 is 10.1 Å². The van der Waals surface area contributed by atoms with Crippen LogP contribution < -0.4 is 10.1 Å². The predicted octanol–water partition coefficient (Wildman–Crippen LogP) is 3.24. The van der Waals surface area contributed by atoms with Gasteiger partial charge in [0.25, 0.3) is 5.91 Å². The van der Waals surface area contributed by atoms with Crippen molar-refractivity contribution in [2.24, 2.45) is 0 Å². The Balaban J connectivity index is 2.24. The second kappa shape index (κ2) is 5.79. The molecule has 6 heteroatoms. The van der Waals surface area contributed by atoms with Gasteiger partial charge in [-0.1, -0.05) is 0 Å². The number of rotatable bonds is 3. The van der Waals surface area contributed by atoms with Gasteiger partial charge in [0.2, 0.25) is 0 Å². The average Bonchev–Trinajstić information content (AvgIpc) is 2.40. The first-order chi connectivity index (χ1) is 9.10. The van der Waals surface area contributed by atoms with E-state index in [2.05, 4.69) is 26.2 Å². The molecule has 0 unspecified atom stereocenters. The molecule has 1 heterocycles. The predicted molar refractivity (Wildman–Crippen MR) is 72.8 cm³/mol. The number of methoxy groups -OCH3 is 1. The standard InChI is InChI=1S/C13H10BrFN2O2/c1-19-12-5-10(15)2-3-11(12)17-13(18)8-4-9(14)7-16-6-8/h2-7H,1H3,(H,17,18). The lowest BCUT2D eigenvalue weighted by Gasteiger charge is -2.10. The SMILES string of the molecule is COc1cc(F)ccc1NC(=O)c1cncc(Br)c1. The minimum Gasteiger partial charge on any atom is -0.494 e. The average molecular weight is 325 g/mol. The highest BCUT2D eigenvalue weighted by molar-refractivity contribution is 9.10. The smallest absolute Gasteiger partial charge is 0.257 e. The van der Waals surface area contributed by atoms with Gasteiger partial charge in [0, 0.05) is 22.9 Å². The molecule has 0 aliphatic heterocycles. The summed E-state index contributed by atoms with van der Waals surface area (Å²) in [5.41, 5.74) is 0.787. The van der Waals surface area contributed by atoms with Crippen molar-refractivity contribution in [2.75, 3.05) is 12.4 Å². The van der Waals surface area contributed by atoms with Gasteiger partial charge in [-0.25, -0.2) is 4.39 Å². The number of amides is 1. The maximum absolute atomic E-state index is 13.0. The van der Waals surface area contributed by atoms with E-state index in [1.807, 2.05) is 0 Å². The first-order valence-electron chi connectivity index (χ1n) is 5.35. The van der Waals surface area contributed by atoms with E-state index in [4.69, 9.17) is 4.74 Å². The number of carbonyl (C=O) groups is 1. The van der Waals surface area contributed by atoms with Gasteiger partial charge in [-0.15, -0.1) is 0 Å². The Labute approximate surface area is 117 Å². The van der Waals surface area contributed by atoms with Crippen LogP contribution in [-0.4, -0.2) is 18.0 Å². The van der Waals surface area contributed by atoms with E-state index in [1.165, 1.54) is 31.5 Å². The molecule has 0 aliphatic carbocycles. The van der Waals surface area contributed by atoms with Crippen molar-refractivity contribution < 1.29 is 13.9 Å². The Hall–Kier alpha value is -1.95. The number of halogens is 2. The van der Waals surface area contributed by atoms with Crippen LogP contribution in [0.5, 0.6) is 5.75 Å². The summed E-state index contributed by atoms with van der Waals surface area (Å²) in [6, 6.07) is 5.53. The fourth-order valence-corrected chi connectivity index (χ4v) is 1.86. The second-order valence-corrected chi connectivity index (χ2v) is 4.61. The molecule has 2 aromatic rings. The van der Waals surface area contributed by atoms with Crippen LogP contribution in [0.25, 0.3) is 0 Å². The summed E-state index contributed by atoms with van der Waals surface area (Å²) in [4.78, 5) is 15.9. The van der Waals surface area contributed by atoms with Crippen LogP contribution in [0.4, 0.5) is 10.1 Å². The molecule has 2 rings (SSSR count). The minimum absolute atomic E-state index is 0.260. The molecule has 0 saturated heterocycles. The van der Waals surface area contributed by atoms with Gasteiger partial charge in [-0.3, -0.25) is 9.78 Å². The number of pyridine rings is 1. The monoisotopic (exact) mass is 324 g/mol. The first kappa shape index (κ1) is 13.5. The number of hydrogen-bond acceptors (Lipinski definition) is 3. The van der Waals surface area contributed by atoms with E-state index in [-0.39, 0.29) is 11.7 Å². The minimum atomic E-state index is -0.432. The lowest BCUT2D eigenvalue weighted by atomic mass is 10.2. The fraction of sp³-hybridized carbons (Fsp3) is 0.0769. The van der Waals surface area contributed by atoms with Crippen molar-refractivity contribution >= 4 is 27.5 Å². The normalized spacial score (nSPS) is 10.1. The van der Waals surface area contributed by atoms with E-state index in [1.54, 1.807) is 12.3 Å². The maximum Gasteiger partial charge on any atom is 0.257 e. The van der Waals surface area contributed by atoms with Crippen molar-refractivity contribution in [1.29, 1.82) is 0 Å². The number of hydrogen-bond donors (Lipinski definition) is 1. The molecular weight excluding hydrogens is 315 g/mol. The zero-order chi connectivity index (χ0) is 13.8. The number of nitrogens with one attached hydrogen (secondary N) is 1. The van der Waals surface area contributed by atoms with Gasteiger partial charge in [0.05, 0.1) is 18.4 Å². The van der Waals surface area contributed by atoms with Crippen molar-refractivity contribution in [3.63, 3.8) is 0 Å². The molecule has 4 nitrogen and oxygen atoms in total. The van der Waals surface area contributed by atoms with Crippen LogP contribution in [0.15, 0.2) is 41.1 Å². The summed E-state index contributed by atoms with van der Waals surface area (Å²) in [5, 5.41) is 2.64. The highest BCUT2D eigenvalue weighted by Gasteiger charge is 2.11. The highest BCUT2D eigenvalue weighted by Crippen LogP contribution is 2.25. The third-order valence-corrected chi connectivity index (χ3v) is 2.81. The van der Waals surface area contributed by atoms with Crippen LogP contribution in [0.1, 0.15) is 10.4 Å². The van der Waals surface area contributed by atoms with Crippen LogP contribution in [0.3, 0.4) is 0 Å². The lowest BCUT2D eigenvalue weighted by Crippen LogP contribution is -2.13. The molecule has 0 bridgehead atoms. The lowest BCUT2D eigenvalue weighted by molar-refractivity contribution is 0.102. The zero-order valence-electron chi connectivity index (χ0n) is 9.98. The third-order valence-electron chi connectivity index (χ3n) is 2.38. The molecule has 1 aromatic carbocycles. The molecule has 0 aliphatic rings. The summed E-state index contributed by atoms with van der Waals surface area (Å²) < 4.78 is 18.7. The number of benzene rings is 1. The molecule has 1 N–H and O–H groups in total. The number of ether oxygens (including phenoxy) is 1. The number of anilines is 1. The van der Waals surface area contributed by atoms with E-state index in [0.717, 1.165) is 0 Å². The second-order valence-electron chi connectivity index (χ2n) is 3.69. The Morgan fingerprint density at radius 2 is 2.16 bits per heavy atom. The van der Waals surface area contributed by atoms with Gasteiger partial charge in [-0.2, -0.15) is 0 Å². The van der Waals surface area contributed by atoms with E-state index in [0.29, 0.717) is 15.7 Å². The molecule has 19 heavy (non-hydrogen) atoms. The van der Waals surface area contributed by atoms with Crippen LogP contribution in [0, 0.1) is 5.82 Å². The summed E-state index contributed by atoms with van der Waals surface area (Å²) in [6.07, 6.45) is 3.02. The Morgan fingerprint density at radius 3 is 2.84 bits per heavy atom. The fourth-order valence-electron chi connectivity index (χ4n) is 1.50. The van der Waals surface area contributed by atoms with Gasteiger partial charge in [0.15, 0.2) is 0 Å². The molecule has 1 amide bonds. The van der Waals surface area contributed by atoms with Crippen LogP contribution >= 0.6 is 15.9 Å². The highest BCUT2D eigenvalue weighted by atomic mass is 79.9. The van der Waals surface area contributed by atoms with Crippen molar-refractivity contribution in [1.82, 2.24) is 4.98 Å². The molecule has 0 radical (unpaired) electrons. The molecular formula is C13H10BrFN2O2. The molecule has 1 aromatic heterocycles. The third kappa shape index (κ3) is 3.29. The van der Waals surface area contributed by atoms with Crippen molar-refractivity contribution in [2.45, 2.75) is 0 Å². The Morgan fingerprint density at radius 1 is 1.37 bits per heavy atom. The topological polar surface area (TPSA) is 51.2 Å². The van der Waals surface area contributed by atoms with Gasteiger partial charge >= 0.3 is 0 Å². The Bertz CT molecular complexity index is 619. The van der Waals surface area contributed by atoms with Crippen molar-refractivity contribution in [3.05, 3.63) is 52.5 Å². The molecule has 0 fully saturated rings. The first-order valence-corrected chi connectivity index (χ1v) is 6.15. The number of aromatic nitrogens is 1. The zero-order valence-corrected chi connectivity index (χ0v) is 11.6. The molecule has 0 spiro atoms. The quantitative estimate of drug-likeness (QED) is 0.942. The van der Waals surface area contributed by atoms with E-state index < -0.39 is 5.82 Å². The van der Waals surface area contributed by atoms with Crippen LogP contribution in [-0.2, 0) is 0 Å². The summed E-state index contributed by atoms with van der Waals surface area (Å²) >= 11 is 3.24. The Kier molecular flexibility index (Phi) is 4.11. The van der Waals surface area contributed by atoms with Gasteiger partial charge in [0.1, 0.15) is 11.6 Å². The number of carbonyl (C=O) groups excluding carboxylic acids is 1.